The summed E-state index contributed by atoms with van der Waals surface area (Å²) in [5.41, 5.74) is 0. The van der Waals surface area contributed by atoms with Gasteiger partial charge in [-0.25, -0.2) is 4.57 Å². The molecule has 0 aromatic heterocycles. The molecule has 2 N–H and O–H groups in total. The van der Waals surface area contributed by atoms with Crippen molar-refractivity contribution in [2.45, 2.75) is 354 Å². The molecule has 3 unspecified atom stereocenters. The molecule has 0 aliphatic carbocycles. The lowest BCUT2D eigenvalue weighted by Crippen LogP contribution is -2.47. The van der Waals surface area contributed by atoms with Crippen LogP contribution in [0.15, 0.2) is 36.5 Å². The first-order valence-electron chi connectivity index (χ1n) is 34.3. The Hall–Kier alpha value is -1.77. The third-order valence-corrected chi connectivity index (χ3v) is 16.6. The van der Waals surface area contributed by atoms with Gasteiger partial charge < -0.3 is 19.4 Å². The molecule has 0 aromatic rings. The third kappa shape index (κ3) is 60.6. The highest BCUT2D eigenvalue weighted by Gasteiger charge is 2.30. The maximum atomic E-state index is 13.6. The van der Waals surface area contributed by atoms with Gasteiger partial charge in [0.2, 0.25) is 5.91 Å². The monoisotopic (exact) mass is 1130 g/mol. The second kappa shape index (κ2) is 59.4. The minimum Gasteiger partial charge on any atom is -0.456 e. The van der Waals surface area contributed by atoms with Crippen LogP contribution in [0.25, 0.3) is 0 Å². The zero-order valence-electron chi connectivity index (χ0n) is 53.4. The van der Waals surface area contributed by atoms with Gasteiger partial charge in [0.1, 0.15) is 19.3 Å². The Kier molecular flexibility index (Phi) is 58.1. The van der Waals surface area contributed by atoms with Crippen molar-refractivity contribution < 1.29 is 37.3 Å². The highest BCUT2D eigenvalue weighted by molar-refractivity contribution is 7.47. The molecular formula is C69H134N2O7P+. The number of rotatable bonds is 63. The average Bonchev–Trinajstić information content (AvgIpc) is 3.41. The van der Waals surface area contributed by atoms with Crippen LogP contribution in [-0.2, 0) is 27.9 Å². The van der Waals surface area contributed by atoms with Crippen LogP contribution in [0, 0.1) is 0 Å². The molecule has 0 saturated carbocycles. The number of ether oxygens (including phenoxy) is 1. The number of carbonyl (C=O) groups excluding carboxylic acids is 2. The number of amides is 1. The van der Waals surface area contributed by atoms with Gasteiger partial charge in [-0.15, -0.1) is 0 Å². The summed E-state index contributed by atoms with van der Waals surface area (Å²) in [5, 5.41) is 3.05. The lowest BCUT2D eigenvalue weighted by molar-refractivity contribution is -0.870. The summed E-state index contributed by atoms with van der Waals surface area (Å²) >= 11 is 0. The van der Waals surface area contributed by atoms with E-state index >= 15 is 0 Å². The van der Waals surface area contributed by atoms with E-state index in [0.717, 1.165) is 51.4 Å². The van der Waals surface area contributed by atoms with Crippen LogP contribution in [0.1, 0.15) is 342 Å². The van der Waals surface area contributed by atoms with E-state index in [0.29, 0.717) is 23.9 Å². The Bertz CT molecular complexity index is 1450. The Morgan fingerprint density at radius 3 is 1.16 bits per heavy atom. The zero-order chi connectivity index (χ0) is 57.9. The van der Waals surface area contributed by atoms with Crippen LogP contribution in [0.3, 0.4) is 0 Å². The van der Waals surface area contributed by atoms with E-state index in [1.165, 1.54) is 250 Å². The summed E-state index contributed by atoms with van der Waals surface area (Å²) in [6, 6.07) is -0.867. The van der Waals surface area contributed by atoms with E-state index in [1.807, 2.05) is 39.4 Å². The number of quaternary nitrogens is 1. The Balaban J connectivity index is 5.01. The molecule has 0 aliphatic heterocycles. The number of carbonyl (C=O) groups is 2. The zero-order valence-corrected chi connectivity index (χ0v) is 54.3. The molecule has 0 aliphatic rings. The Morgan fingerprint density at radius 2 is 0.785 bits per heavy atom. The summed E-state index contributed by atoms with van der Waals surface area (Å²) in [6.45, 7) is 7.02. The van der Waals surface area contributed by atoms with Crippen molar-refractivity contribution in [3.8, 4) is 0 Å². The number of phosphoric ester groups is 1. The Morgan fingerprint density at radius 1 is 0.443 bits per heavy atom. The van der Waals surface area contributed by atoms with Crippen LogP contribution in [0.4, 0.5) is 0 Å². The van der Waals surface area contributed by atoms with E-state index in [1.54, 1.807) is 0 Å². The first-order chi connectivity index (χ1) is 38.4. The van der Waals surface area contributed by atoms with Gasteiger partial charge in [-0.05, 0) is 51.0 Å². The van der Waals surface area contributed by atoms with Crippen molar-refractivity contribution in [3.05, 3.63) is 36.5 Å². The quantitative estimate of drug-likeness (QED) is 0.0205. The van der Waals surface area contributed by atoms with Gasteiger partial charge in [-0.2, -0.15) is 0 Å². The van der Waals surface area contributed by atoms with Crippen LogP contribution in [0.2, 0.25) is 0 Å². The minimum absolute atomic E-state index is 0.0354. The van der Waals surface area contributed by atoms with Crippen molar-refractivity contribution >= 4 is 19.7 Å². The average molecular weight is 1130 g/mol. The molecule has 0 heterocycles. The van der Waals surface area contributed by atoms with Crippen LogP contribution in [-0.4, -0.2) is 74.3 Å². The Labute approximate surface area is 491 Å². The highest BCUT2D eigenvalue weighted by Crippen LogP contribution is 2.43. The van der Waals surface area contributed by atoms with Gasteiger partial charge in [0, 0.05) is 12.8 Å². The molecule has 0 fully saturated rings. The van der Waals surface area contributed by atoms with Crippen molar-refractivity contribution in [1.29, 1.82) is 0 Å². The first kappa shape index (κ1) is 77.2. The molecule has 10 heteroatoms. The van der Waals surface area contributed by atoms with Crippen molar-refractivity contribution in [3.63, 3.8) is 0 Å². The fourth-order valence-corrected chi connectivity index (χ4v) is 11.0. The van der Waals surface area contributed by atoms with Gasteiger partial charge in [0.15, 0.2) is 0 Å². The lowest BCUT2D eigenvalue weighted by Gasteiger charge is -2.27. The van der Waals surface area contributed by atoms with Gasteiger partial charge in [-0.3, -0.25) is 18.6 Å². The van der Waals surface area contributed by atoms with E-state index in [9.17, 15) is 19.0 Å². The first-order valence-corrected chi connectivity index (χ1v) is 35.8. The molecule has 0 aromatic carbocycles. The van der Waals surface area contributed by atoms with Crippen LogP contribution >= 0.6 is 7.82 Å². The van der Waals surface area contributed by atoms with E-state index in [-0.39, 0.29) is 31.5 Å². The number of nitrogens with zero attached hydrogens (tertiary/aromatic N) is 1. The normalized spacial score (nSPS) is 13.8. The maximum absolute atomic E-state index is 13.6. The molecule has 79 heavy (non-hydrogen) atoms. The number of likely N-dealkylation sites (N-methyl/N-ethyl adjacent to an activating group) is 1. The SMILES string of the molecule is CCCCCCCC/C=C\C/C=C/CCC(=O)OC(/C=C\CCCCCCCCCCCCC)C(COP(=O)(O)OCC[N+](C)(C)C)NC(=O)CCCCCCCCCCCCCCCCCCCCCCCCCCCCC. The molecule has 0 saturated heterocycles. The van der Waals surface area contributed by atoms with E-state index in [4.69, 9.17) is 13.8 Å². The summed E-state index contributed by atoms with van der Waals surface area (Å²) in [5.74, 6) is -0.567. The van der Waals surface area contributed by atoms with Crippen LogP contribution in [0.5, 0.6) is 0 Å². The molecule has 466 valence electrons. The van der Waals surface area contributed by atoms with Gasteiger partial charge in [0.05, 0.1) is 33.8 Å². The maximum Gasteiger partial charge on any atom is 0.472 e. The number of phosphoric acid groups is 1. The minimum atomic E-state index is -4.46. The predicted octanol–water partition coefficient (Wildman–Crippen LogP) is 21.5. The fraction of sp³-hybridized carbons (Fsp3) is 0.884. The number of unbranched alkanes of at least 4 members (excludes halogenated alkanes) is 43. The summed E-state index contributed by atoms with van der Waals surface area (Å²) < 4.78 is 30.7. The number of hydrogen-bond acceptors (Lipinski definition) is 6. The molecule has 9 nitrogen and oxygen atoms in total. The van der Waals surface area contributed by atoms with Crippen LogP contribution < -0.4 is 5.32 Å². The number of esters is 1. The molecule has 0 spiro atoms. The summed E-state index contributed by atoms with van der Waals surface area (Å²) in [7, 11) is 1.49. The van der Waals surface area contributed by atoms with E-state index < -0.39 is 20.0 Å². The fourth-order valence-electron chi connectivity index (χ4n) is 10.3. The predicted molar refractivity (Wildman–Crippen MR) is 342 cm³/mol. The molecule has 1 amide bonds. The van der Waals surface area contributed by atoms with Crippen molar-refractivity contribution in [1.82, 2.24) is 5.32 Å². The highest BCUT2D eigenvalue weighted by atomic mass is 31.2. The van der Waals surface area contributed by atoms with Gasteiger partial charge >= 0.3 is 13.8 Å². The second-order valence-electron chi connectivity index (χ2n) is 24.7. The topological polar surface area (TPSA) is 111 Å². The lowest BCUT2D eigenvalue weighted by atomic mass is 10.0. The van der Waals surface area contributed by atoms with Crippen molar-refractivity contribution in [2.24, 2.45) is 0 Å². The largest absolute Gasteiger partial charge is 0.472 e. The molecule has 3 atom stereocenters. The number of allylic oxidation sites excluding steroid dienone is 5. The third-order valence-electron chi connectivity index (χ3n) is 15.6. The van der Waals surface area contributed by atoms with Gasteiger partial charge in [-0.1, -0.05) is 314 Å². The molecular weight excluding hydrogens is 1000 g/mol. The second-order valence-corrected chi connectivity index (χ2v) is 26.2. The standard InChI is InChI=1S/C69H133N2O7P/c1-7-10-13-16-19-22-25-28-29-30-31-32-33-34-35-36-37-38-39-40-41-44-46-49-52-55-58-61-68(72)70-66(65-77-79(74,75)76-64-63-71(4,5)6)67(60-57-54-51-48-45-42-26-23-20-17-14-11-8-2)78-69(73)62-59-56-53-50-47-43-27-24-21-18-15-12-9-3/h43,47,53,56-57,60,66-67H,7-42,44-46,48-52,54-55,58-59,61-65H2,1-6H3,(H-,70,72,74,75)/p+1/b47-43-,56-53+,60-57-. The number of nitrogens with one attached hydrogen (secondary N) is 1. The molecule has 0 radical (unpaired) electrons. The van der Waals surface area contributed by atoms with Gasteiger partial charge in [0.25, 0.3) is 0 Å². The van der Waals surface area contributed by atoms with Crippen molar-refractivity contribution in [2.75, 3.05) is 40.9 Å². The summed E-state index contributed by atoms with van der Waals surface area (Å²) in [6.07, 6.45) is 73.3. The summed E-state index contributed by atoms with van der Waals surface area (Å²) in [4.78, 5) is 37.7. The smallest absolute Gasteiger partial charge is 0.456 e. The van der Waals surface area contributed by atoms with E-state index in [2.05, 4.69) is 44.3 Å². The molecule has 0 rings (SSSR count). The molecule has 0 bridgehead atoms. The number of hydrogen-bond donors (Lipinski definition) is 2.